The predicted octanol–water partition coefficient (Wildman–Crippen LogP) is 5.01. The van der Waals surface area contributed by atoms with E-state index in [1.165, 1.54) is 42.4 Å². The smallest absolute Gasteiger partial charge is 0.0622 e. The van der Waals surface area contributed by atoms with Gasteiger partial charge in [-0.25, -0.2) is 0 Å². The van der Waals surface area contributed by atoms with Crippen LogP contribution in [0.5, 0.6) is 0 Å². The molecule has 2 aromatic carbocycles. The second-order valence-electron chi connectivity index (χ2n) is 5.99. The van der Waals surface area contributed by atoms with E-state index < -0.39 is 0 Å². The fraction of sp³-hybridized carbons (Fsp3) is 0.263. The number of hydrogen-bond donors (Lipinski definition) is 1. The summed E-state index contributed by atoms with van der Waals surface area (Å²) < 4.78 is 0. The quantitative estimate of drug-likeness (QED) is 0.720. The highest BCUT2D eigenvalue weighted by atomic mass is 35.5. The minimum absolute atomic E-state index is 0.318. The Balaban J connectivity index is 1.85. The van der Waals surface area contributed by atoms with E-state index in [9.17, 15) is 0 Å². The van der Waals surface area contributed by atoms with E-state index in [1.54, 1.807) is 0 Å². The van der Waals surface area contributed by atoms with Crippen LogP contribution in [0.1, 0.15) is 30.0 Å². The summed E-state index contributed by atoms with van der Waals surface area (Å²) in [6, 6.07) is 17.2. The van der Waals surface area contributed by atoms with Crippen LogP contribution in [0.3, 0.4) is 0 Å². The average molecular weight is 311 g/mol. The van der Waals surface area contributed by atoms with Crippen molar-refractivity contribution in [1.29, 1.82) is 0 Å². The molecule has 22 heavy (non-hydrogen) atoms. The molecule has 1 aliphatic rings. The van der Waals surface area contributed by atoms with Gasteiger partial charge in [0.25, 0.3) is 0 Å². The van der Waals surface area contributed by atoms with E-state index in [1.807, 2.05) is 12.1 Å². The number of likely N-dealkylation sites (tertiary alicyclic amines) is 1. The molecule has 1 saturated heterocycles. The van der Waals surface area contributed by atoms with Gasteiger partial charge in [0, 0.05) is 22.1 Å². The number of hydrogen-bond acceptors (Lipinski definition) is 1. The number of nitrogens with zero attached hydrogens (tertiary/aromatic N) is 1. The zero-order chi connectivity index (χ0) is 14.9. The van der Waals surface area contributed by atoms with Crippen LogP contribution < -0.4 is 0 Å². The van der Waals surface area contributed by atoms with E-state index in [4.69, 9.17) is 11.6 Å². The second kappa shape index (κ2) is 5.79. The van der Waals surface area contributed by atoms with Crippen molar-refractivity contribution < 1.29 is 0 Å². The minimum Gasteiger partial charge on any atom is -0.361 e. The lowest BCUT2D eigenvalue weighted by molar-refractivity contribution is 0.282. The van der Waals surface area contributed by atoms with Crippen LogP contribution in [-0.2, 0) is 0 Å². The van der Waals surface area contributed by atoms with Crippen molar-refractivity contribution >= 4 is 22.5 Å². The lowest BCUT2D eigenvalue weighted by Gasteiger charge is -2.28. The standard InChI is InChI=1S/C19H19ClN2/c20-15-8-9-16-17(13-21-18(16)12-15)19(22-10-4-5-11-22)14-6-2-1-3-7-14/h1-3,6-9,12-13,19,21H,4-5,10-11H2. The highest BCUT2D eigenvalue weighted by Gasteiger charge is 2.26. The van der Waals surface area contributed by atoms with Gasteiger partial charge in [0.05, 0.1) is 6.04 Å². The van der Waals surface area contributed by atoms with Gasteiger partial charge in [0.15, 0.2) is 0 Å². The molecule has 2 heterocycles. The molecule has 3 aromatic rings. The number of nitrogens with one attached hydrogen (secondary N) is 1. The first-order valence-corrected chi connectivity index (χ1v) is 8.26. The van der Waals surface area contributed by atoms with Gasteiger partial charge in [-0.05, 0) is 49.2 Å². The van der Waals surface area contributed by atoms with Crippen LogP contribution in [0.2, 0.25) is 5.02 Å². The van der Waals surface area contributed by atoms with Crippen molar-refractivity contribution in [3.05, 3.63) is 70.9 Å². The van der Waals surface area contributed by atoms with Gasteiger partial charge in [0.1, 0.15) is 0 Å². The number of aromatic nitrogens is 1. The van der Waals surface area contributed by atoms with Crippen LogP contribution in [0.25, 0.3) is 10.9 Å². The number of aromatic amines is 1. The molecule has 3 heteroatoms. The Kier molecular flexibility index (Phi) is 3.65. The molecule has 0 bridgehead atoms. The lowest BCUT2D eigenvalue weighted by Crippen LogP contribution is -2.26. The van der Waals surface area contributed by atoms with E-state index in [2.05, 4.69) is 52.5 Å². The maximum Gasteiger partial charge on any atom is 0.0622 e. The van der Waals surface area contributed by atoms with Gasteiger partial charge >= 0.3 is 0 Å². The molecule has 1 unspecified atom stereocenters. The highest BCUT2D eigenvalue weighted by molar-refractivity contribution is 6.31. The zero-order valence-electron chi connectivity index (χ0n) is 12.4. The Bertz CT molecular complexity index is 772. The van der Waals surface area contributed by atoms with Gasteiger partial charge in [-0.1, -0.05) is 48.0 Å². The van der Waals surface area contributed by atoms with Crippen molar-refractivity contribution in [2.45, 2.75) is 18.9 Å². The lowest BCUT2D eigenvalue weighted by atomic mass is 9.97. The minimum atomic E-state index is 0.318. The van der Waals surface area contributed by atoms with Crippen LogP contribution >= 0.6 is 11.6 Å². The molecule has 0 radical (unpaired) electrons. The monoisotopic (exact) mass is 310 g/mol. The molecule has 1 fully saturated rings. The Morgan fingerprint density at radius 3 is 2.55 bits per heavy atom. The third kappa shape index (κ3) is 2.43. The van der Waals surface area contributed by atoms with Gasteiger partial charge < -0.3 is 4.98 Å². The first kappa shape index (κ1) is 13.9. The van der Waals surface area contributed by atoms with E-state index in [0.29, 0.717) is 6.04 Å². The van der Waals surface area contributed by atoms with Crippen molar-refractivity contribution in [2.75, 3.05) is 13.1 Å². The van der Waals surface area contributed by atoms with Gasteiger partial charge in [0.2, 0.25) is 0 Å². The van der Waals surface area contributed by atoms with Crippen molar-refractivity contribution in [3.63, 3.8) is 0 Å². The molecule has 112 valence electrons. The Labute approximate surface area is 135 Å². The molecule has 1 N–H and O–H groups in total. The number of H-pyrrole nitrogens is 1. The van der Waals surface area contributed by atoms with Crippen molar-refractivity contribution in [1.82, 2.24) is 9.88 Å². The average Bonchev–Trinajstić information content (AvgIpc) is 3.19. The summed E-state index contributed by atoms with van der Waals surface area (Å²) in [6.07, 6.45) is 4.73. The van der Waals surface area contributed by atoms with Gasteiger partial charge in [-0.15, -0.1) is 0 Å². The fourth-order valence-electron chi connectivity index (χ4n) is 3.57. The SMILES string of the molecule is Clc1ccc2c(C(c3ccccc3)N3CCCC3)c[nH]c2c1. The highest BCUT2D eigenvalue weighted by Crippen LogP contribution is 2.36. The van der Waals surface area contributed by atoms with Crippen LogP contribution in [0.15, 0.2) is 54.7 Å². The molecule has 4 rings (SSSR count). The largest absolute Gasteiger partial charge is 0.361 e. The Morgan fingerprint density at radius 2 is 1.77 bits per heavy atom. The predicted molar refractivity (Wildman–Crippen MR) is 92.4 cm³/mol. The maximum atomic E-state index is 6.12. The first-order chi connectivity index (χ1) is 10.8. The van der Waals surface area contributed by atoms with Crippen LogP contribution in [-0.4, -0.2) is 23.0 Å². The van der Waals surface area contributed by atoms with Crippen LogP contribution in [0.4, 0.5) is 0 Å². The fourth-order valence-corrected chi connectivity index (χ4v) is 3.74. The summed E-state index contributed by atoms with van der Waals surface area (Å²) in [5.74, 6) is 0. The number of halogens is 1. The van der Waals surface area contributed by atoms with Gasteiger partial charge in [-0.2, -0.15) is 0 Å². The number of fused-ring (bicyclic) bond motifs is 1. The Hall–Kier alpha value is -1.77. The normalized spacial score (nSPS) is 17.1. The second-order valence-corrected chi connectivity index (χ2v) is 6.43. The maximum absolute atomic E-state index is 6.12. The third-order valence-electron chi connectivity index (χ3n) is 4.59. The summed E-state index contributed by atoms with van der Waals surface area (Å²) in [5, 5.41) is 2.04. The van der Waals surface area contributed by atoms with Crippen molar-refractivity contribution in [3.8, 4) is 0 Å². The Morgan fingerprint density at radius 1 is 1.00 bits per heavy atom. The molecule has 0 aliphatic carbocycles. The molecule has 0 spiro atoms. The summed E-state index contributed by atoms with van der Waals surface area (Å²) in [6.45, 7) is 2.33. The zero-order valence-corrected chi connectivity index (χ0v) is 13.2. The first-order valence-electron chi connectivity index (χ1n) is 7.88. The summed E-state index contributed by atoms with van der Waals surface area (Å²) in [4.78, 5) is 5.98. The molecule has 1 atom stereocenters. The molecule has 1 aliphatic heterocycles. The molecule has 1 aromatic heterocycles. The van der Waals surface area contributed by atoms with E-state index in [0.717, 1.165) is 10.5 Å². The van der Waals surface area contributed by atoms with E-state index in [-0.39, 0.29) is 0 Å². The molecular formula is C19H19ClN2. The summed E-state index contributed by atoms with van der Waals surface area (Å²) in [5.41, 5.74) is 3.82. The molecule has 0 amide bonds. The number of benzene rings is 2. The molecule has 2 nitrogen and oxygen atoms in total. The summed E-state index contributed by atoms with van der Waals surface area (Å²) in [7, 11) is 0. The molecular weight excluding hydrogens is 292 g/mol. The van der Waals surface area contributed by atoms with E-state index >= 15 is 0 Å². The summed E-state index contributed by atoms with van der Waals surface area (Å²) >= 11 is 6.12. The van der Waals surface area contributed by atoms with Crippen LogP contribution in [0, 0.1) is 0 Å². The molecule has 0 saturated carbocycles. The van der Waals surface area contributed by atoms with Crippen molar-refractivity contribution in [2.24, 2.45) is 0 Å². The third-order valence-corrected chi connectivity index (χ3v) is 4.83. The van der Waals surface area contributed by atoms with Gasteiger partial charge in [-0.3, -0.25) is 4.90 Å². The topological polar surface area (TPSA) is 19.0 Å². The number of rotatable bonds is 3.